The molecule has 1 saturated carbocycles. The van der Waals surface area contributed by atoms with Crippen molar-refractivity contribution in [3.8, 4) is 18.1 Å². The van der Waals surface area contributed by atoms with E-state index in [4.69, 9.17) is 11.2 Å². The fourth-order valence-electron chi connectivity index (χ4n) is 6.14. The van der Waals surface area contributed by atoms with Crippen molar-refractivity contribution in [2.24, 2.45) is 5.92 Å². The first-order valence-corrected chi connectivity index (χ1v) is 16.2. The van der Waals surface area contributed by atoms with Crippen molar-refractivity contribution in [2.75, 3.05) is 26.2 Å². The van der Waals surface area contributed by atoms with E-state index in [9.17, 15) is 19.1 Å². The van der Waals surface area contributed by atoms with Gasteiger partial charge in [0.15, 0.2) is 0 Å². The molecule has 3 atom stereocenters. The van der Waals surface area contributed by atoms with Crippen LogP contribution < -0.4 is 15.4 Å². The van der Waals surface area contributed by atoms with Gasteiger partial charge in [-0.05, 0) is 86.3 Å². The molecule has 4 rings (SSSR count). The molecular formula is C36H48FN3O4. The maximum atomic E-state index is 14.8. The smallest absolute Gasteiger partial charge is 0.222 e. The summed E-state index contributed by atoms with van der Waals surface area (Å²) >= 11 is 0. The number of aliphatic hydroxyl groups is 1. The number of halogens is 1. The largest absolute Gasteiger partial charge is 0.493 e. The van der Waals surface area contributed by atoms with Crippen molar-refractivity contribution in [2.45, 2.75) is 95.7 Å². The lowest BCUT2D eigenvalue weighted by Gasteiger charge is -2.27. The number of nitrogens with one attached hydrogen (secondary N) is 2. The number of aliphatic hydroxyl groups excluding tert-OH is 1. The molecule has 1 unspecified atom stereocenters. The van der Waals surface area contributed by atoms with Crippen LogP contribution in [0.25, 0.3) is 0 Å². The molecule has 2 aliphatic rings. The van der Waals surface area contributed by atoms with Crippen LogP contribution in [0.2, 0.25) is 0 Å². The van der Waals surface area contributed by atoms with Crippen molar-refractivity contribution in [3.63, 3.8) is 0 Å². The van der Waals surface area contributed by atoms with Gasteiger partial charge in [-0.1, -0.05) is 38.3 Å². The minimum atomic E-state index is -0.947. The molecule has 0 saturated heterocycles. The third-order valence-corrected chi connectivity index (χ3v) is 8.81. The first-order valence-electron chi connectivity index (χ1n) is 16.2. The molecule has 0 spiro atoms. The second-order valence-electron chi connectivity index (χ2n) is 12.4. The second-order valence-corrected chi connectivity index (χ2v) is 12.4. The van der Waals surface area contributed by atoms with Gasteiger partial charge in [0.25, 0.3) is 0 Å². The number of carbonyl (C=O) groups excluding carboxylic acids is 2. The van der Waals surface area contributed by atoms with Crippen LogP contribution in [0.1, 0.15) is 88.3 Å². The molecule has 1 fully saturated rings. The highest BCUT2D eigenvalue weighted by Gasteiger charge is 2.44. The van der Waals surface area contributed by atoms with Gasteiger partial charge in [-0.2, -0.15) is 0 Å². The van der Waals surface area contributed by atoms with Gasteiger partial charge in [0.1, 0.15) is 11.6 Å². The summed E-state index contributed by atoms with van der Waals surface area (Å²) in [6.07, 6.45) is 11.2. The number of ether oxygens (including phenoxy) is 1. The molecule has 0 aromatic heterocycles. The van der Waals surface area contributed by atoms with Crippen molar-refractivity contribution < 1.29 is 23.8 Å². The average Bonchev–Trinajstić information content (AvgIpc) is 3.80. The molecule has 1 aliphatic carbocycles. The molecule has 2 amide bonds. The van der Waals surface area contributed by atoms with Crippen molar-refractivity contribution in [3.05, 3.63) is 65.0 Å². The number of carbonyl (C=O) groups is 2. The van der Waals surface area contributed by atoms with Gasteiger partial charge in [0, 0.05) is 49.6 Å². The van der Waals surface area contributed by atoms with Gasteiger partial charge in [0.2, 0.25) is 11.8 Å². The summed E-state index contributed by atoms with van der Waals surface area (Å²) in [7, 11) is 0. The molecule has 7 nitrogen and oxygen atoms in total. The van der Waals surface area contributed by atoms with Crippen molar-refractivity contribution in [1.29, 1.82) is 0 Å². The van der Waals surface area contributed by atoms with E-state index < -0.39 is 18.0 Å². The van der Waals surface area contributed by atoms with E-state index >= 15 is 0 Å². The van der Waals surface area contributed by atoms with Crippen LogP contribution in [-0.4, -0.2) is 60.2 Å². The highest BCUT2D eigenvalue weighted by Crippen LogP contribution is 2.45. The molecule has 238 valence electrons. The van der Waals surface area contributed by atoms with Gasteiger partial charge in [-0.15, -0.1) is 6.42 Å². The average molecular weight is 606 g/mol. The third kappa shape index (κ3) is 9.54. The van der Waals surface area contributed by atoms with Crippen molar-refractivity contribution >= 4 is 11.8 Å². The van der Waals surface area contributed by atoms with Gasteiger partial charge in [0.05, 0.1) is 18.8 Å². The Morgan fingerprint density at radius 1 is 1.18 bits per heavy atom. The summed E-state index contributed by atoms with van der Waals surface area (Å²) < 4.78 is 20.9. The highest BCUT2D eigenvalue weighted by molar-refractivity contribution is 5.79. The summed E-state index contributed by atoms with van der Waals surface area (Å²) in [4.78, 5) is 28.0. The van der Waals surface area contributed by atoms with E-state index in [2.05, 4.69) is 30.4 Å². The van der Waals surface area contributed by atoms with Crippen LogP contribution in [0, 0.1) is 24.1 Å². The molecule has 8 heteroatoms. The fraction of sp³-hybridized carbons (Fsp3) is 0.556. The topological polar surface area (TPSA) is 90.9 Å². The molecule has 2 aromatic rings. The minimum absolute atomic E-state index is 0.0540. The van der Waals surface area contributed by atoms with Crippen molar-refractivity contribution in [1.82, 2.24) is 15.5 Å². The molecule has 0 radical (unpaired) electrons. The lowest BCUT2D eigenvalue weighted by molar-refractivity contribution is -0.131. The molecule has 44 heavy (non-hydrogen) atoms. The molecule has 1 heterocycles. The maximum absolute atomic E-state index is 14.8. The predicted molar refractivity (Wildman–Crippen MR) is 171 cm³/mol. The Kier molecular flexibility index (Phi) is 12.2. The van der Waals surface area contributed by atoms with Gasteiger partial charge >= 0.3 is 0 Å². The monoisotopic (exact) mass is 605 g/mol. The zero-order valence-corrected chi connectivity index (χ0v) is 26.2. The Balaban J connectivity index is 1.52. The van der Waals surface area contributed by atoms with Crippen LogP contribution >= 0.6 is 0 Å². The van der Waals surface area contributed by atoms with Gasteiger partial charge in [-0.3, -0.25) is 9.59 Å². The summed E-state index contributed by atoms with van der Waals surface area (Å²) in [6.45, 7) is 6.15. The normalized spacial score (nSPS) is 21.8. The van der Waals surface area contributed by atoms with Crippen LogP contribution in [-0.2, 0) is 21.5 Å². The second kappa shape index (κ2) is 16.1. The number of hydrogen-bond acceptors (Lipinski definition) is 5. The Hall–Kier alpha value is -3.41. The van der Waals surface area contributed by atoms with Crippen LogP contribution in [0.4, 0.5) is 4.39 Å². The van der Waals surface area contributed by atoms with E-state index in [0.29, 0.717) is 43.9 Å². The minimum Gasteiger partial charge on any atom is -0.493 e. The third-order valence-electron chi connectivity index (χ3n) is 8.81. The Morgan fingerprint density at radius 3 is 2.73 bits per heavy atom. The summed E-state index contributed by atoms with van der Waals surface area (Å²) in [5.74, 6) is 2.72. The first-order chi connectivity index (χ1) is 21.2. The number of benzene rings is 2. The zero-order chi connectivity index (χ0) is 31.5. The summed E-state index contributed by atoms with van der Waals surface area (Å²) in [5, 5.41) is 17.9. The summed E-state index contributed by atoms with van der Waals surface area (Å²) in [6, 6.07) is 11.8. The van der Waals surface area contributed by atoms with Gasteiger partial charge < -0.3 is 25.4 Å². The first kappa shape index (κ1) is 33.5. The van der Waals surface area contributed by atoms with E-state index in [1.807, 2.05) is 29.2 Å². The Labute approximate surface area is 261 Å². The van der Waals surface area contributed by atoms with Crippen LogP contribution in [0.3, 0.4) is 0 Å². The number of amides is 2. The lowest BCUT2D eigenvalue weighted by atomic mass is 9.98. The molecule has 1 aliphatic heterocycles. The maximum Gasteiger partial charge on any atom is 0.222 e. The fourth-order valence-corrected chi connectivity index (χ4v) is 6.14. The lowest BCUT2D eigenvalue weighted by Crippen LogP contribution is -2.50. The molecule has 2 bridgehead atoms. The standard InChI is InChI=1S/C36H48FN3O4/c1-4-9-27-14-18-40(17-5-2)35(43)13-8-12-34(42)39-32(22-28-20-30(37)23-31(21-28)44-25-27)33(41)24-38-36(15-16-36)29-11-7-10-26(6-3)19-29/h3,7,10-11,19-21,23,27,32-33,38,41H,4-5,8-9,12-18,22,24-25H2,1-2H3,(H,39,42)/t27?,32-,33+/m0/s1. The van der Waals surface area contributed by atoms with E-state index in [1.54, 1.807) is 6.07 Å². The van der Waals surface area contributed by atoms with E-state index in [-0.39, 0.29) is 42.7 Å². The number of hydrogen-bond donors (Lipinski definition) is 3. The predicted octanol–water partition coefficient (Wildman–Crippen LogP) is 5.08. The molecule has 2 aromatic carbocycles. The van der Waals surface area contributed by atoms with E-state index in [1.165, 1.54) is 12.1 Å². The molecule has 3 N–H and O–H groups in total. The van der Waals surface area contributed by atoms with E-state index in [0.717, 1.165) is 49.7 Å². The molecular weight excluding hydrogens is 557 g/mol. The van der Waals surface area contributed by atoms with Crippen LogP contribution in [0.15, 0.2) is 42.5 Å². The highest BCUT2D eigenvalue weighted by atomic mass is 19.1. The quantitative estimate of drug-likeness (QED) is 0.347. The van der Waals surface area contributed by atoms with Gasteiger partial charge in [-0.25, -0.2) is 4.39 Å². The number of terminal acetylenes is 1. The zero-order valence-electron chi connectivity index (χ0n) is 26.2. The number of nitrogens with zero attached hydrogens (tertiary/aromatic N) is 1. The number of rotatable bonds is 9. The SMILES string of the molecule is C#Cc1cccc(C2(NC[C@@H](O)[C@@H]3Cc4cc(F)cc(c4)OCC(CCC)CCN(CCC)C(=O)CCCC(=O)N3)CC2)c1. The Morgan fingerprint density at radius 2 is 2.00 bits per heavy atom. The Bertz CT molecular complexity index is 1300. The van der Waals surface area contributed by atoms with Crippen LogP contribution in [0.5, 0.6) is 5.75 Å². The number of fused-ring (bicyclic) bond motifs is 2. The summed E-state index contributed by atoms with van der Waals surface area (Å²) in [5.41, 5.74) is 2.24.